The van der Waals surface area contributed by atoms with Gasteiger partial charge in [0.25, 0.3) is 0 Å². The SMILES string of the molecule is COC(=O)C1=Cc2cnc3cccc(n23)S1. The van der Waals surface area contributed by atoms with Gasteiger partial charge in [0.05, 0.1) is 24.0 Å². The number of aromatic nitrogens is 2. The molecule has 16 heavy (non-hydrogen) atoms. The number of esters is 1. The van der Waals surface area contributed by atoms with Gasteiger partial charge >= 0.3 is 5.97 Å². The number of imidazole rings is 1. The minimum absolute atomic E-state index is 0.311. The van der Waals surface area contributed by atoms with Crippen molar-refractivity contribution in [3.8, 4) is 0 Å². The number of nitrogens with zero attached hydrogens (tertiary/aromatic N) is 2. The normalized spacial score (nSPS) is 13.7. The molecule has 4 nitrogen and oxygen atoms in total. The summed E-state index contributed by atoms with van der Waals surface area (Å²) in [4.78, 5) is 16.3. The number of carbonyl (C=O) groups is 1. The van der Waals surface area contributed by atoms with Gasteiger partial charge in [-0.2, -0.15) is 0 Å². The summed E-state index contributed by atoms with van der Waals surface area (Å²) in [7, 11) is 1.39. The molecule has 3 rings (SSSR count). The molecule has 0 saturated heterocycles. The quantitative estimate of drug-likeness (QED) is 0.705. The van der Waals surface area contributed by atoms with Crippen molar-refractivity contribution in [2.24, 2.45) is 0 Å². The first-order valence-corrected chi connectivity index (χ1v) is 5.55. The molecular weight excluding hydrogens is 224 g/mol. The highest BCUT2D eigenvalue weighted by atomic mass is 32.2. The average molecular weight is 232 g/mol. The van der Waals surface area contributed by atoms with Crippen molar-refractivity contribution in [3.63, 3.8) is 0 Å². The van der Waals surface area contributed by atoms with Gasteiger partial charge in [-0.1, -0.05) is 17.8 Å². The van der Waals surface area contributed by atoms with Crippen LogP contribution >= 0.6 is 11.8 Å². The molecule has 2 aromatic heterocycles. The number of ether oxygens (including phenoxy) is 1. The van der Waals surface area contributed by atoms with E-state index < -0.39 is 0 Å². The molecular formula is C11H8N2O2S. The van der Waals surface area contributed by atoms with Crippen molar-refractivity contribution in [2.75, 3.05) is 7.11 Å². The van der Waals surface area contributed by atoms with E-state index in [1.807, 2.05) is 22.6 Å². The van der Waals surface area contributed by atoms with E-state index in [0.29, 0.717) is 4.91 Å². The van der Waals surface area contributed by atoms with E-state index in [-0.39, 0.29) is 5.97 Å². The number of carbonyl (C=O) groups excluding carboxylic acids is 1. The molecule has 0 fully saturated rings. The van der Waals surface area contributed by atoms with E-state index in [0.717, 1.165) is 16.4 Å². The van der Waals surface area contributed by atoms with Crippen LogP contribution in [0.5, 0.6) is 0 Å². The molecule has 0 unspecified atom stereocenters. The Morgan fingerprint density at radius 3 is 3.19 bits per heavy atom. The van der Waals surface area contributed by atoms with Crippen LogP contribution in [0.15, 0.2) is 34.3 Å². The van der Waals surface area contributed by atoms with E-state index in [4.69, 9.17) is 4.74 Å². The van der Waals surface area contributed by atoms with Crippen LogP contribution in [0.4, 0.5) is 0 Å². The van der Waals surface area contributed by atoms with E-state index in [1.165, 1.54) is 18.9 Å². The zero-order valence-corrected chi connectivity index (χ0v) is 9.32. The van der Waals surface area contributed by atoms with E-state index in [1.54, 1.807) is 12.3 Å². The second kappa shape index (κ2) is 3.38. The predicted molar refractivity (Wildman–Crippen MR) is 61.0 cm³/mol. The monoisotopic (exact) mass is 232 g/mol. The van der Waals surface area contributed by atoms with Crippen molar-refractivity contribution in [1.82, 2.24) is 9.38 Å². The van der Waals surface area contributed by atoms with Gasteiger partial charge in [-0.3, -0.25) is 4.40 Å². The van der Waals surface area contributed by atoms with Gasteiger partial charge in [0.2, 0.25) is 0 Å². The van der Waals surface area contributed by atoms with Gasteiger partial charge < -0.3 is 4.74 Å². The Hall–Kier alpha value is -1.75. The van der Waals surface area contributed by atoms with Gasteiger partial charge in [-0.05, 0) is 18.2 Å². The molecule has 2 aromatic rings. The zero-order chi connectivity index (χ0) is 11.1. The fourth-order valence-electron chi connectivity index (χ4n) is 1.69. The van der Waals surface area contributed by atoms with E-state index >= 15 is 0 Å². The summed E-state index contributed by atoms with van der Waals surface area (Å²) in [5.41, 5.74) is 1.80. The lowest BCUT2D eigenvalue weighted by atomic mass is 10.4. The minimum atomic E-state index is -0.311. The molecule has 0 amide bonds. The highest BCUT2D eigenvalue weighted by Crippen LogP contribution is 2.34. The fourth-order valence-corrected chi connectivity index (χ4v) is 2.70. The predicted octanol–water partition coefficient (Wildman–Crippen LogP) is 1.95. The fraction of sp³-hybridized carbons (Fsp3) is 0.0909. The van der Waals surface area contributed by atoms with Crippen molar-refractivity contribution < 1.29 is 9.53 Å². The van der Waals surface area contributed by atoms with Crippen LogP contribution in [0.1, 0.15) is 5.69 Å². The summed E-state index contributed by atoms with van der Waals surface area (Å²) in [6, 6.07) is 5.82. The molecule has 0 aromatic carbocycles. The standard InChI is InChI=1S/C11H8N2O2S/c1-15-11(14)8-5-7-6-12-9-3-2-4-10(16-8)13(7)9/h2-6H,1H3. The van der Waals surface area contributed by atoms with Gasteiger partial charge in [0.15, 0.2) is 0 Å². The summed E-state index contributed by atoms with van der Waals surface area (Å²) >= 11 is 1.40. The number of pyridine rings is 1. The van der Waals surface area contributed by atoms with Crippen molar-refractivity contribution in [2.45, 2.75) is 5.03 Å². The zero-order valence-electron chi connectivity index (χ0n) is 8.51. The van der Waals surface area contributed by atoms with Crippen LogP contribution in [0.3, 0.4) is 0 Å². The Kier molecular flexibility index (Phi) is 2.00. The number of hydrogen-bond acceptors (Lipinski definition) is 4. The molecule has 1 aliphatic rings. The molecule has 0 saturated carbocycles. The lowest BCUT2D eigenvalue weighted by Crippen LogP contribution is -2.06. The highest BCUT2D eigenvalue weighted by Gasteiger charge is 2.19. The molecule has 0 atom stereocenters. The third kappa shape index (κ3) is 1.25. The summed E-state index contributed by atoms with van der Waals surface area (Å²) in [5, 5.41) is 0.980. The van der Waals surface area contributed by atoms with Crippen LogP contribution in [-0.4, -0.2) is 22.5 Å². The highest BCUT2D eigenvalue weighted by molar-refractivity contribution is 8.04. The summed E-state index contributed by atoms with van der Waals surface area (Å²) in [6.07, 6.45) is 3.55. The molecule has 3 heterocycles. The van der Waals surface area contributed by atoms with Gasteiger partial charge in [0.1, 0.15) is 10.6 Å². The topological polar surface area (TPSA) is 43.6 Å². The Balaban J connectivity index is 2.22. The minimum Gasteiger partial charge on any atom is -0.465 e. The first-order valence-electron chi connectivity index (χ1n) is 4.74. The van der Waals surface area contributed by atoms with Gasteiger partial charge in [-0.15, -0.1) is 0 Å². The summed E-state index contributed by atoms with van der Waals surface area (Å²) in [5.74, 6) is -0.311. The maximum Gasteiger partial charge on any atom is 0.344 e. The third-order valence-electron chi connectivity index (χ3n) is 2.40. The number of hydrogen-bond donors (Lipinski definition) is 0. The van der Waals surface area contributed by atoms with Crippen LogP contribution in [0.2, 0.25) is 0 Å². The van der Waals surface area contributed by atoms with Crippen molar-refractivity contribution in [3.05, 3.63) is 35.0 Å². The third-order valence-corrected chi connectivity index (χ3v) is 3.43. The molecule has 0 radical (unpaired) electrons. The van der Waals surface area contributed by atoms with E-state index in [2.05, 4.69) is 4.98 Å². The second-order valence-electron chi connectivity index (χ2n) is 3.34. The van der Waals surface area contributed by atoms with Crippen molar-refractivity contribution >= 4 is 29.5 Å². The van der Waals surface area contributed by atoms with Crippen LogP contribution < -0.4 is 0 Å². The first-order chi connectivity index (χ1) is 7.79. The van der Waals surface area contributed by atoms with Gasteiger partial charge in [-0.25, -0.2) is 9.78 Å². The summed E-state index contributed by atoms with van der Waals surface area (Å²) < 4.78 is 6.73. The molecule has 0 bridgehead atoms. The Labute approximate surface area is 95.9 Å². The molecule has 0 N–H and O–H groups in total. The molecule has 80 valence electrons. The molecule has 5 heteroatoms. The van der Waals surface area contributed by atoms with Crippen LogP contribution in [0, 0.1) is 0 Å². The average Bonchev–Trinajstić information content (AvgIpc) is 2.73. The van der Waals surface area contributed by atoms with Gasteiger partial charge in [0, 0.05) is 0 Å². The number of methoxy groups -OCH3 is 1. The van der Waals surface area contributed by atoms with Crippen LogP contribution in [0.25, 0.3) is 11.7 Å². The maximum absolute atomic E-state index is 11.5. The van der Waals surface area contributed by atoms with E-state index in [9.17, 15) is 4.79 Å². The largest absolute Gasteiger partial charge is 0.465 e. The second-order valence-corrected chi connectivity index (χ2v) is 4.41. The smallest absolute Gasteiger partial charge is 0.344 e. The number of rotatable bonds is 1. The summed E-state index contributed by atoms with van der Waals surface area (Å²) in [6.45, 7) is 0. The number of thioether (sulfide) groups is 1. The van der Waals surface area contributed by atoms with Crippen molar-refractivity contribution in [1.29, 1.82) is 0 Å². The molecule has 1 aliphatic heterocycles. The Morgan fingerprint density at radius 2 is 2.38 bits per heavy atom. The molecule has 0 spiro atoms. The first kappa shape index (κ1) is 9.47. The molecule has 0 aliphatic carbocycles. The van der Waals surface area contributed by atoms with Crippen LogP contribution in [-0.2, 0) is 9.53 Å². The lowest BCUT2D eigenvalue weighted by Gasteiger charge is -2.13. The Bertz CT molecular complexity index is 615. The Morgan fingerprint density at radius 1 is 1.50 bits per heavy atom. The lowest BCUT2D eigenvalue weighted by molar-refractivity contribution is -0.135. The maximum atomic E-state index is 11.5.